The summed E-state index contributed by atoms with van der Waals surface area (Å²) in [4.78, 5) is 27.9. The molecule has 2 N–H and O–H groups in total. The summed E-state index contributed by atoms with van der Waals surface area (Å²) in [5.74, 6) is 0.253. The quantitative estimate of drug-likeness (QED) is 0.820. The summed E-state index contributed by atoms with van der Waals surface area (Å²) in [6.07, 6.45) is 1.57. The van der Waals surface area contributed by atoms with Gasteiger partial charge in [0, 0.05) is 50.9 Å². The van der Waals surface area contributed by atoms with Crippen molar-refractivity contribution >= 4 is 29.9 Å². The second kappa shape index (κ2) is 9.17. The van der Waals surface area contributed by atoms with Crippen LogP contribution in [0.15, 0.2) is 24.3 Å². The van der Waals surface area contributed by atoms with Gasteiger partial charge in [-0.3, -0.25) is 14.5 Å². The molecule has 2 saturated heterocycles. The van der Waals surface area contributed by atoms with Gasteiger partial charge in [0.1, 0.15) is 0 Å². The third-order valence-electron chi connectivity index (χ3n) is 4.80. The number of carbonyl (C=O) groups is 2. The van der Waals surface area contributed by atoms with Crippen molar-refractivity contribution in [1.82, 2.24) is 15.5 Å². The first-order valence-corrected chi connectivity index (χ1v) is 8.74. The van der Waals surface area contributed by atoms with E-state index in [0.717, 1.165) is 43.9 Å². The van der Waals surface area contributed by atoms with Gasteiger partial charge >= 0.3 is 0 Å². The van der Waals surface area contributed by atoms with Gasteiger partial charge in [-0.15, -0.1) is 12.4 Å². The Bertz CT molecular complexity index is 593. The third-order valence-corrected chi connectivity index (χ3v) is 4.80. The van der Waals surface area contributed by atoms with Crippen LogP contribution in [0.3, 0.4) is 0 Å². The van der Waals surface area contributed by atoms with Crippen LogP contribution in [0, 0.1) is 0 Å². The summed E-state index contributed by atoms with van der Waals surface area (Å²) in [7, 11) is 0. The molecule has 2 aliphatic heterocycles. The first kappa shape index (κ1) is 19.7. The summed E-state index contributed by atoms with van der Waals surface area (Å²) in [6, 6.07) is 8.27. The number of piperazine rings is 1. The Morgan fingerprint density at radius 2 is 2.04 bits per heavy atom. The molecule has 2 heterocycles. The number of anilines is 1. The molecule has 0 unspecified atom stereocenters. The first-order valence-electron chi connectivity index (χ1n) is 8.74. The summed E-state index contributed by atoms with van der Waals surface area (Å²) in [5, 5.41) is 6.31. The smallest absolute Gasteiger partial charge is 0.234 e. The molecule has 0 spiro atoms. The van der Waals surface area contributed by atoms with Crippen LogP contribution in [0.25, 0.3) is 0 Å². The summed E-state index contributed by atoms with van der Waals surface area (Å²) < 4.78 is 0. The van der Waals surface area contributed by atoms with E-state index in [9.17, 15) is 9.59 Å². The Balaban J connectivity index is 0.00000225. The van der Waals surface area contributed by atoms with E-state index in [1.54, 1.807) is 0 Å². The fourth-order valence-electron chi connectivity index (χ4n) is 3.27. The molecule has 7 heteroatoms. The van der Waals surface area contributed by atoms with Gasteiger partial charge in [0.25, 0.3) is 0 Å². The lowest BCUT2D eigenvalue weighted by Crippen LogP contribution is -2.52. The zero-order chi connectivity index (χ0) is 16.9. The molecule has 138 valence electrons. The third kappa shape index (κ3) is 5.17. The van der Waals surface area contributed by atoms with Crippen LogP contribution >= 0.6 is 12.4 Å². The molecule has 3 rings (SSSR count). The first-order chi connectivity index (χ1) is 11.6. The standard InChI is InChI=1S/C18H26N4O2.ClH/c1-14-11-19-8-10-21(14)13-17(23)20-12-15-4-6-16(7-5-15)22-9-2-3-18(22)24;/h4-7,14,19H,2-3,8-13H2,1H3,(H,20,23);1H/t14-;/m1./s1. The van der Waals surface area contributed by atoms with Gasteiger partial charge < -0.3 is 15.5 Å². The molecule has 0 aliphatic carbocycles. The Morgan fingerprint density at radius 3 is 2.68 bits per heavy atom. The predicted octanol–water partition coefficient (Wildman–Crippen LogP) is 1.15. The number of halogens is 1. The van der Waals surface area contributed by atoms with Crippen LogP contribution in [0.1, 0.15) is 25.3 Å². The van der Waals surface area contributed by atoms with Crippen molar-refractivity contribution < 1.29 is 9.59 Å². The Morgan fingerprint density at radius 1 is 1.28 bits per heavy atom. The Hall–Kier alpha value is -1.63. The normalized spacial score (nSPS) is 21.1. The number of benzene rings is 1. The van der Waals surface area contributed by atoms with E-state index in [1.165, 1.54) is 0 Å². The van der Waals surface area contributed by atoms with Gasteiger partial charge in [-0.25, -0.2) is 0 Å². The molecular formula is C18H27ClN4O2. The van der Waals surface area contributed by atoms with Crippen LogP contribution in [-0.4, -0.2) is 55.5 Å². The number of rotatable bonds is 5. The minimum atomic E-state index is 0. The van der Waals surface area contributed by atoms with Gasteiger partial charge in [0.15, 0.2) is 0 Å². The average Bonchev–Trinajstić information content (AvgIpc) is 3.02. The maximum absolute atomic E-state index is 12.1. The van der Waals surface area contributed by atoms with E-state index in [2.05, 4.69) is 22.5 Å². The number of hydrogen-bond donors (Lipinski definition) is 2. The summed E-state index contributed by atoms with van der Waals surface area (Å²) in [5.41, 5.74) is 1.99. The zero-order valence-corrected chi connectivity index (χ0v) is 15.5. The molecule has 0 bridgehead atoms. The van der Waals surface area contributed by atoms with Crippen LogP contribution in [0.2, 0.25) is 0 Å². The van der Waals surface area contributed by atoms with E-state index in [0.29, 0.717) is 25.6 Å². The van der Waals surface area contributed by atoms with Crippen LogP contribution in [0.5, 0.6) is 0 Å². The predicted molar refractivity (Wildman–Crippen MR) is 101 cm³/mol. The van der Waals surface area contributed by atoms with E-state index in [4.69, 9.17) is 0 Å². The average molecular weight is 367 g/mol. The van der Waals surface area contributed by atoms with E-state index in [-0.39, 0.29) is 24.2 Å². The minimum Gasteiger partial charge on any atom is -0.351 e. The van der Waals surface area contributed by atoms with Crippen molar-refractivity contribution in [2.24, 2.45) is 0 Å². The fourth-order valence-corrected chi connectivity index (χ4v) is 3.27. The van der Waals surface area contributed by atoms with Crippen molar-refractivity contribution in [3.05, 3.63) is 29.8 Å². The number of nitrogens with one attached hydrogen (secondary N) is 2. The highest BCUT2D eigenvalue weighted by molar-refractivity contribution is 5.95. The maximum atomic E-state index is 12.1. The van der Waals surface area contributed by atoms with E-state index < -0.39 is 0 Å². The topological polar surface area (TPSA) is 64.7 Å². The minimum absolute atomic E-state index is 0. The van der Waals surface area contributed by atoms with E-state index >= 15 is 0 Å². The highest BCUT2D eigenvalue weighted by atomic mass is 35.5. The molecule has 1 aromatic carbocycles. The second-order valence-electron chi connectivity index (χ2n) is 6.62. The van der Waals surface area contributed by atoms with Crippen LogP contribution < -0.4 is 15.5 Å². The molecule has 2 aliphatic rings. The van der Waals surface area contributed by atoms with Gasteiger partial charge in [-0.05, 0) is 31.0 Å². The molecular weight excluding hydrogens is 340 g/mol. The number of carbonyl (C=O) groups excluding carboxylic acids is 2. The lowest BCUT2D eigenvalue weighted by molar-refractivity contribution is -0.123. The highest BCUT2D eigenvalue weighted by Crippen LogP contribution is 2.21. The van der Waals surface area contributed by atoms with Crippen LogP contribution in [-0.2, 0) is 16.1 Å². The molecule has 2 amide bonds. The fraction of sp³-hybridized carbons (Fsp3) is 0.556. The van der Waals surface area contributed by atoms with Crippen molar-refractivity contribution in [3.63, 3.8) is 0 Å². The van der Waals surface area contributed by atoms with Crippen molar-refractivity contribution in [1.29, 1.82) is 0 Å². The molecule has 6 nitrogen and oxygen atoms in total. The molecule has 1 atom stereocenters. The maximum Gasteiger partial charge on any atom is 0.234 e. The largest absolute Gasteiger partial charge is 0.351 e. The van der Waals surface area contributed by atoms with Gasteiger partial charge in [-0.2, -0.15) is 0 Å². The highest BCUT2D eigenvalue weighted by Gasteiger charge is 2.22. The van der Waals surface area contributed by atoms with Crippen molar-refractivity contribution in [3.8, 4) is 0 Å². The Kier molecular flexibility index (Phi) is 7.23. The molecule has 0 saturated carbocycles. The monoisotopic (exact) mass is 366 g/mol. The summed E-state index contributed by atoms with van der Waals surface area (Å²) in [6.45, 7) is 6.69. The van der Waals surface area contributed by atoms with Crippen molar-refractivity contribution in [2.75, 3.05) is 37.6 Å². The molecule has 25 heavy (non-hydrogen) atoms. The van der Waals surface area contributed by atoms with Crippen LogP contribution in [0.4, 0.5) is 5.69 Å². The SMILES string of the molecule is C[C@@H]1CNCCN1CC(=O)NCc1ccc(N2CCCC2=O)cc1.Cl. The number of amides is 2. The Labute approximate surface area is 155 Å². The number of nitrogens with zero attached hydrogens (tertiary/aromatic N) is 2. The lowest BCUT2D eigenvalue weighted by Gasteiger charge is -2.33. The van der Waals surface area contributed by atoms with E-state index in [1.807, 2.05) is 29.2 Å². The molecule has 0 aromatic heterocycles. The van der Waals surface area contributed by atoms with Gasteiger partial charge in [0.2, 0.25) is 11.8 Å². The molecule has 0 radical (unpaired) electrons. The van der Waals surface area contributed by atoms with Gasteiger partial charge in [-0.1, -0.05) is 12.1 Å². The second-order valence-corrected chi connectivity index (χ2v) is 6.62. The van der Waals surface area contributed by atoms with Gasteiger partial charge in [0.05, 0.1) is 6.54 Å². The van der Waals surface area contributed by atoms with Crippen molar-refractivity contribution in [2.45, 2.75) is 32.4 Å². The zero-order valence-electron chi connectivity index (χ0n) is 14.7. The number of hydrogen-bond acceptors (Lipinski definition) is 4. The molecule has 2 fully saturated rings. The summed E-state index contributed by atoms with van der Waals surface area (Å²) >= 11 is 0. The molecule has 1 aromatic rings. The lowest BCUT2D eigenvalue weighted by atomic mass is 10.2.